The molecule has 1 aliphatic rings. The summed E-state index contributed by atoms with van der Waals surface area (Å²) in [5.74, 6) is -0.512. The summed E-state index contributed by atoms with van der Waals surface area (Å²) in [7, 11) is 0. The Hall–Kier alpha value is -3.59. The predicted molar refractivity (Wildman–Crippen MR) is 102 cm³/mol. The predicted octanol–water partition coefficient (Wildman–Crippen LogP) is 3.59. The van der Waals surface area contributed by atoms with Gasteiger partial charge in [0.1, 0.15) is 19.3 Å². The van der Waals surface area contributed by atoms with Gasteiger partial charge in [-0.2, -0.15) is 5.26 Å². The minimum absolute atomic E-state index is 0.110. The molecular formula is C22H20N2O4. The van der Waals surface area contributed by atoms with Gasteiger partial charge in [0.25, 0.3) is 0 Å². The molecule has 3 rings (SSSR count). The Kier molecular flexibility index (Phi) is 6.42. The number of nitrogens with zero attached hydrogens (tertiary/aromatic N) is 2. The van der Waals surface area contributed by atoms with E-state index in [2.05, 4.69) is 0 Å². The van der Waals surface area contributed by atoms with E-state index in [-0.39, 0.29) is 26.2 Å². The lowest BCUT2D eigenvalue weighted by Gasteiger charge is -2.22. The highest BCUT2D eigenvalue weighted by molar-refractivity contribution is 5.83. The Balaban J connectivity index is 1.64. The molecule has 1 atom stereocenters. The van der Waals surface area contributed by atoms with Crippen LogP contribution < -0.4 is 0 Å². The fourth-order valence-corrected chi connectivity index (χ4v) is 2.98. The van der Waals surface area contributed by atoms with Crippen LogP contribution in [0.4, 0.5) is 4.79 Å². The van der Waals surface area contributed by atoms with Crippen molar-refractivity contribution in [3.8, 4) is 6.07 Å². The van der Waals surface area contributed by atoms with Crippen LogP contribution in [0.5, 0.6) is 0 Å². The molecule has 0 saturated carbocycles. The molecule has 2 aromatic carbocycles. The second kappa shape index (κ2) is 9.38. The van der Waals surface area contributed by atoms with Crippen molar-refractivity contribution in [2.75, 3.05) is 6.54 Å². The third-order valence-electron chi connectivity index (χ3n) is 4.41. The van der Waals surface area contributed by atoms with Gasteiger partial charge < -0.3 is 9.47 Å². The number of benzene rings is 2. The Morgan fingerprint density at radius 2 is 1.57 bits per heavy atom. The van der Waals surface area contributed by atoms with Gasteiger partial charge in [-0.25, -0.2) is 9.59 Å². The van der Waals surface area contributed by atoms with E-state index in [0.717, 1.165) is 11.1 Å². The number of esters is 1. The standard InChI is InChI=1S/C22H20N2O4/c23-12-11-19-13-20(21(25)27-15-17-7-3-1-4-8-17)24(14-19)22(26)28-16-18-9-5-2-6-10-18/h1-11,20H,13-16H2/b19-11-/t20-/m0/s1. The number of carbonyl (C=O) groups is 2. The van der Waals surface area contributed by atoms with Crippen LogP contribution in [0.15, 0.2) is 72.3 Å². The molecule has 6 heteroatoms. The van der Waals surface area contributed by atoms with Crippen molar-refractivity contribution in [2.45, 2.75) is 25.7 Å². The van der Waals surface area contributed by atoms with Crippen molar-refractivity contribution in [1.82, 2.24) is 4.90 Å². The molecule has 142 valence electrons. The van der Waals surface area contributed by atoms with Gasteiger partial charge in [-0.05, 0) is 16.7 Å². The van der Waals surface area contributed by atoms with Crippen molar-refractivity contribution in [1.29, 1.82) is 5.26 Å². The Labute approximate surface area is 163 Å². The van der Waals surface area contributed by atoms with Crippen molar-refractivity contribution in [3.05, 3.63) is 83.4 Å². The smallest absolute Gasteiger partial charge is 0.411 e. The zero-order chi connectivity index (χ0) is 19.8. The van der Waals surface area contributed by atoms with Crippen LogP contribution in [0.1, 0.15) is 17.5 Å². The largest absolute Gasteiger partial charge is 0.459 e. The van der Waals surface area contributed by atoms with Gasteiger partial charge in [0.2, 0.25) is 0 Å². The summed E-state index contributed by atoms with van der Waals surface area (Å²) in [5, 5.41) is 8.90. The summed E-state index contributed by atoms with van der Waals surface area (Å²) < 4.78 is 10.7. The molecule has 0 bridgehead atoms. The summed E-state index contributed by atoms with van der Waals surface area (Å²) >= 11 is 0. The van der Waals surface area contributed by atoms with E-state index >= 15 is 0 Å². The first-order chi connectivity index (χ1) is 13.7. The molecule has 2 aromatic rings. The fourth-order valence-electron chi connectivity index (χ4n) is 2.98. The average Bonchev–Trinajstić information content (AvgIpc) is 3.16. The lowest BCUT2D eigenvalue weighted by molar-refractivity contribution is -0.149. The minimum Gasteiger partial charge on any atom is -0.459 e. The lowest BCUT2D eigenvalue weighted by Crippen LogP contribution is -2.41. The maximum atomic E-state index is 12.6. The zero-order valence-electron chi connectivity index (χ0n) is 15.3. The Bertz CT molecular complexity index is 822. The van der Waals surface area contributed by atoms with E-state index in [1.165, 1.54) is 11.0 Å². The number of carbonyl (C=O) groups excluding carboxylic acids is 2. The van der Waals surface area contributed by atoms with E-state index in [0.29, 0.717) is 5.57 Å². The van der Waals surface area contributed by atoms with Crippen LogP contribution in [-0.2, 0) is 27.5 Å². The first-order valence-corrected chi connectivity index (χ1v) is 8.93. The number of rotatable bonds is 5. The Morgan fingerprint density at radius 3 is 2.14 bits per heavy atom. The third kappa shape index (κ3) is 4.98. The van der Waals surface area contributed by atoms with Crippen LogP contribution >= 0.6 is 0 Å². The quantitative estimate of drug-likeness (QED) is 0.588. The molecule has 0 aliphatic carbocycles. The topological polar surface area (TPSA) is 79.6 Å². The number of allylic oxidation sites excluding steroid dienone is 1. The molecule has 1 amide bonds. The van der Waals surface area contributed by atoms with Gasteiger partial charge in [0.05, 0.1) is 6.07 Å². The number of amides is 1. The molecule has 0 aromatic heterocycles. The molecule has 1 fully saturated rings. The summed E-state index contributed by atoms with van der Waals surface area (Å²) in [6.45, 7) is 0.409. The van der Waals surface area contributed by atoms with Gasteiger partial charge in [0.15, 0.2) is 0 Å². The van der Waals surface area contributed by atoms with Crippen molar-refractivity contribution < 1.29 is 19.1 Å². The maximum Gasteiger partial charge on any atom is 0.411 e. The number of hydrogen-bond acceptors (Lipinski definition) is 5. The summed E-state index contributed by atoms with van der Waals surface area (Å²) in [4.78, 5) is 26.4. The minimum atomic E-state index is -0.799. The number of likely N-dealkylation sites (tertiary alicyclic amines) is 1. The third-order valence-corrected chi connectivity index (χ3v) is 4.41. The van der Waals surface area contributed by atoms with E-state index in [4.69, 9.17) is 14.7 Å². The average molecular weight is 376 g/mol. The molecule has 1 saturated heterocycles. The summed E-state index contributed by atoms with van der Waals surface area (Å²) in [6, 6.07) is 19.8. The monoisotopic (exact) mass is 376 g/mol. The summed E-state index contributed by atoms with van der Waals surface area (Å²) in [6.07, 6.45) is 1.02. The molecule has 0 unspecified atom stereocenters. The first-order valence-electron chi connectivity index (χ1n) is 8.93. The maximum absolute atomic E-state index is 12.6. The van der Waals surface area contributed by atoms with E-state index in [1.54, 1.807) is 0 Å². The van der Waals surface area contributed by atoms with Crippen LogP contribution in [0, 0.1) is 11.3 Å². The second-order valence-electron chi connectivity index (χ2n) is 6.41. The van der Waals surface area contributed by atoms with Crippen LogP contribution in [0.2, 0.25) is 0 Å². The molecule has 28 heavy (non-hydrogen) atoms. The molecule has 0 radical (unpaired) electrons. The van der Waals surface area contributed by atoms with Gasteiger partial charge in [-0.1, -0.05) is 60.7 Å². The van der Waals surface area contributed by atoms with Crippen LogP contribution in [-0.4, -0.2) is 29.5 Å². The molecular weight excluding hydrogens is 356 g/mol. The first kappa shape index (κ1) is 19.2. The van der Waals surface area contributed by atoms with Crippen molar-refractivity contribution in [3.63, 3.8) is 0 Å². The zero-order valence-corrected chi connectivity index (χ0v) is 15.3. The Morgan fingerprint density at radius 1 is 1.00 bits per heavy atom. The number of ether oxygens (including phenoxy) is 2. The fraction of sp³-hybridized carbons (Fsp3) is 0.227. The summed E-state index contributed by atoms with van der Waals surface area (Å²) in [5.41, 5.74) is 2.41. The van der Waals surface area contributed by atoms with Crippen LogP contribution in [0.3, 0.4) is 0 Å². The molecule has 0 N–H and O–H groups in total. The SMILES string of the molecule is N#C/C=C1/C[C@@H](C(=O)OCc2ccccc2)N(C(=O)OCc2ccccc2)C1. The van der Waals surface area contributed by atoms with E-state index in [9.17, 15) is 9.59 Å². The molecule has 0 spiro atoms. The van der Waals surface area contributed by atoms with Crippen molar-refractivity contribution >= 4 is 12.1 Å². The van der Waals surface area contributed by atoms with Gasteiger partial charge >= 0.3 is 12.1 Å². The van der Waals surface area contributed by atoms with Crippen molar-refractivity contribution in [2.24, 2.45) is 0 Å². The van der Waals surface area contributed by atoms with Gasteiger partial charge in [0, 0.05) is 19.0 Å². The molecule has 1 aliphatic heterocycles. The van der Waals surface area contributed by atoms with E-state index in [1.807, 2.05) is 66.7 Å². The lowest BCUT2D eigenvalue weighted by atomic mass is 10.1. The van der Waals surface area contributed by atoms with Crippen LogP contribution in [0.25, 0.3) is 0 Å². The second-order valence-corrected chi connectivity index (χ2v) is 6.41. The molecule has 6 nitrogen and oxygen atoms in total. The molecule has 1 heterocycles. The highest BCUT2D eigenvalue weighted by atomic mass is 16.6. The number of hydrogen-bond donors (Lipinski definition) is 0. The van der Waals surface area contributed by atoms with Gasteiger partial charge in [-0.3, -0.25) is 4.90 Å². The highest BCUT2D eigenvalue weighted by Crippen LogP contribution is 2.25. The van der Waals surface area contributed by atoms with Gasteiger partial charge in [-0.15, -0.1) is 0 Å². The normalized spacial score (nSPS) is 17.2. The number of nitriles is 1. The van der Waals surface area contributed by atoms with E-state index < -0.39 is 18.1 Å². The highest BCUT2D eigenvalue weighted by Gasteiger charge is 2.38.